The van der Waals surface area contributed by atoms with Crippen molar-refractivity contribution in [2.45, 2.75) is 45.1 Å². The fraction of sp³-hybridized carbons (Fsp3) is 0.529. The number of hydrogen-bond acceptors (Lipinski definition) is 3. The Morgan fingerprint density at radius 1 is 1.26 bits per heavy atom. The highest BCUT2D eigenvalue weighted by molar-refractivity contribution is 6.43. The van der Waals surface area contributed by atoms with E-state index >= 15 is 0 Å². The van der Waals surface area contributed by atoms with Crippen molar-refractivity contribution in [3.05, 3.63) is 33.8 Å². The van der Waals surface area contributed by atoms with Gasteiger partial charge in [-0.15, -0.1) is 0 Å². The summed E-state index contributed by atoms with van der Waals surface area (Å²) in [4.78, 5) is 24.2. The molecule has 1 aliphatic rings. The molecule has 4 nitrogen and oxygen atoms in total. The zero-order valence-corrected chi connectivity index (χ0v) is 14.6. The summed E-state index contributed by atoms with van der Waals surface area (Å²) in [6, 6.07) is 4.71. The molecule has 0 aromatic heterocycles. The van der Waals surface area contributed by atoms with Gasteiger partial charge in [-0.3, -0.25) is 4.79 Å². The first-order valence-electron chi connectivity index (χ1n) is 7.91. The van der Waals surface area contributed by atoms with Crippen LogP contribution in [-0.2, 0) is 9.53 Å². The SMILES string of the molecule is C[C@@H](OC(=O)c1cccc(Cl)c1Cl)C(=O)NCC1CCCCC1. The van der Waals surface area contributed by atoms with Gasteiger partial charge in [-0.2, -0.15) is 0 Å². The fourth-order valence-corrected chi connectivity index (χ4v) is 3.10. The molecule has 2 rings (SSSR count). The molecule has 0 bridgehead atoms. The van der Waals surface area contributed by atoms with Crippen molar-refractivity contribution in [1.82, 2.24) is 5.32 Å². The third kappa shape index (κ3) is 5.11. The summed E-state index contributed by atoms with van der Waals surface area (Å²) in [6.45, 7) is 2.19. The summed E-state index contributed by atoms with van der Waals surface area (Å²) in [5.41, 5.74) is 0.158. The van der Waals surface area contributed by atoms with E-state index in [1.54, 1.807) is 19.1 Å². The minimum atomic E-state index is -0.874. The second-order valence-electron chi connectivity index (χ2n) is 5.90. The molecular formula is C17H21Cl2NO3. The Hall–Kier alpha value is -1.26. The standard InChI is InChI=1S/C17H21Cl2NO3/c1-11(16(21)20-10-12-6-3-2-4-7-12)23-17(22)13-8-5-9-14(18)15(13)19/h5,8-9,11-12H,2-4,6-7,10H2,1H3,(H,20,21)/t11-/m1/s1. The van der Waals surface area contributed by atoms with Crippen LogP contribution in [0.4, 0.5) is 0 Å². The van der Waals surface area contributed by atoms with E-state index in [0.717, 1.165) is 12.8 Å². The Kier molecular flexibility index (Phi) is 6.72. The highest BCUT2D eigenvalue weighted by Crippen LogP contribution is 2.26. The highest BCUT2D eigenvalue weighted by Gasteiger charge is 2.22. The van der Waals surface area contributed by atoms with E-state index in [4.69, 9.17) is 27.9 Å². The number of halogens is 2. The van der Waals surface area contributed by atoms with Crippen LogP contribution in [0.2, 0.25) is 10.0 Å². The van der Waals surface area contributed by atoms with Gasteiger partial charge in [0.1, 0.15) is 0 Å². The molecule has 0 radical (unpaired) electrons. The molecule has 1 amide bonds. The summed E-state index contributed by atoms with van der Waals surface area (Å²) in [6.07, 6.45) is 5.13. The van der Waals surface area contributed by atoms with Crippen molar-refractivity contribution in [1.29, 1.82) is 0 Å². The van der Waals surface area contributed by atoms with E-state index in [-0.39, 0.29) is 21.5 Å². The largest absolute Gasteiger partial charge is 0.449 e. The molecule has 1 N–H and O–H groups in total. The number of amides is 1. The molecule has 1 atom stereocenters. The second kappa shape index (κ2) is 8.55. The van der Waals surface area contributed by atoms with Crippen LogP contribution in [-0.4, -0.2) is 24.5 Å². The Morgan fingerprint density at radius 3 is 2.65 bits per heavy atom. The molecule has 0 spiro atoms. The fourth-order valence-electron chi connectivity index (χ4n) is 2.72. The molecule has 6 heteroatoms. The molecule has 1 fully saturated rings. The Balaban J connectivity index is 1.85. The van der Waals surface area contributed by atoms with E-state index in [1.807, 2.05) is 0 Å². The van der Waals surface area contributed by atoms with Crippen LogP contribution < -0.4 is 5.32 Å². The molecule has 1 saturated carbocycles. The lowest BCUT2D eigenvalue weighted by Gasteiger charge is -2.22. The highest BCUT2D eigenvalue weighted by atomic mass is 35.5. The van der Waals surface area contributed by atoms with Gasteiger partial charge in [0, 0.05) is 6.54 Å². The van der Waals surface area contributed by atoms with E-state index in [1.165, 1.54) is 25.3 Å². The molecule has 126 valence electrons. The summed E-state index contributed by atoms with van der Waals surface area (Å²) in [5.74, 6) is -0.419. The lowest BCUT2D eigenvalue weighted by Crippen LogP contribution is -2.38. The first kappa shape index (κ1) is 18.1. The maximum absolute atomic E-state index is 12.1. The Labute approximate surface area is 146 Å². The van der Waals surface area contributed by atoms with Crippen LogP contribution in [0.25, 0.3) is 0 Å². The van der Waals surface area contributed by atoms with Gasteiger partial charge in [-0.1, -0.05) is 48.5 Å². The predicted molar refractivity (Wildman–Crippen MR) is 90.9 cm³/mol. The van der Waals surface area contributed by atoms with Crippen LogP contribution in [0.5, 0.6) is 0 Å². The molecule has 1 aromatic rings. The van der Waals surface area contributed by atoms with E-state index in [2.05, 4.69) is 5.32 Å². The molecule has 0 unspecified atom stereocenters. The maximum atomic E-state index is 12.1. The zero-order chi connectivity index (χ0) is 16.8. The van der Waals surface area contributed by atoms with E-state index in [0.29, 0.717) is 12.5 Å². The van der Waals surface area contributed by atoms with Crippen molar-refractivity contribution < 1.29 is 14.3 Å². The van der Waals surface area contributed by atoms with Crippen LogP contribution in [0.15, 0.2) is 18.2 Å². The molecular weight excluding hydrogens is 337 g/mol. The number of rotatable bonds is 5. The maximum Gasteiger partial charge on any atom is 0.340 e. The number of hydrogen-bond donors (Lipinski definition) is 1. The molecule has 0 heterocycles. The number of carbonyl (C=O) groups excluding carboxylic acids is 2. The third-order valence-electron chi connectivity index (χ3n) is 4.11. The smallest absolute Gasteiger partial charge is 0.340 e. The molecule has 1 aliphatic carbocycles. The summed E-state index contributed by atoms with van der Waals surface area (Å²) < 4.78 is 5.18. The van der Waals surface area contributed by atoms with Gasteiger partial charge >= 0.3 is 5.97 Å². The first-order valence-corrected chi connectivity index (χ1v) is 8.67. The van der Waals surface area contributed by atoms with Crippen molar-refractivity contribution in [2.75, 3.05) is 6.54 Å². The van der Waals surface area contributed by atoms with E-state index in [9.17, 15) is 9.59 Å². The molecule has 0 saturated heterocycles. The van der Waals surface area contributed by atoms with Gasteiger partial charge in [0.25, 0.3) is 5.91 Å². The van der Waals surface area contributed by atoms with Crippen molar-refractivity contribution in [3.63, 3.8) is 0 Å². The van der Waals surface area contributed by atoms with Gasteiger partial charge in [-0.05, 0) is 37.8 Å². The second-order valence-corrected chi connectivity index (χ2v) is 6.68. The third-order valence-corrected chi connectivity index (χ3v) is 4.93. The zero-order valence-electron chi connectivity index (χ0n) is 13.1. The lowest BCUT2D eigenvalue weighted by molar-refractivity contribution is -0.129. The number of esters is 1. The van der Waals surface area contributed by atoms with Crippen LogP contribution in [0, 0.1) is 5.92 Å². The van der Waals surface area contributed by atoms with Crippen molar-refractivity contribution in [3.8, 4) is 0 Å². The first-order chi connectivity index (χ1) is 11.0. The van der Waals surface area contributed by atoms with Gasteiger partial charge in [0.05, 0.1) is 15.6 Å². The molecule has 0 aliphatic heterocycles. The average molecular weight is 358 g/mol. The van der Waals surface area contributed by atoms with Gasteiger partial charge < -0.3 is 10.1 Å². The minimum Gasteiger partial charge on any atom is -0.449 e. The summed E-state index contributed by atoms with van der Waals surface area (Å²) >= 11 is 11.9. The molecule has 1 aromatic carbocycles. The van der Waals surface area contributed by atoms with Crippen LogP contribution in [0.3, 0.4) is 0 Å². The number of nitrogens with one attached hydrogen (secondary N) is 1. The van der Waals surface area contributed by atoms with Crippen molar-refractivity contribution >= 4 is 35.1 Å². The Bertz CT molecular complexity index is 571. The summed E-state index contributed by atoms with van der Waals surface area (Å²) in [7, 11) is 0. The van der Waals surface area contributed by atoms with Crippen molar-refractivity contribution in [2.24, 2.45) is 5.92 Å². The van der Waals surface area contributed by atoms with Gasteiger partial charge in [0.2, 0.25) is 0 Å². The van der Waals surface area contributed by atoms with Crippen LogP contribution in [0.1, 0.15) is 49.4 Å². The number of carbonyl (C=O) groups is 2. The van der Waals surface area contributed by atoms with Gasteiger partial charge in [-0.25, -0.2) is 4.79 Å². The normalized spacial score (nSPS) is 16.7. The topological polar surface area (TPSA) is 55.4 Å². The average Bonchev–Trinajstić information content (AvgIpc) is 2.55. The monoisotopic (exact) mass is 357 g/mol. The quantitative estimate of drug-likeness (QED) is 0.802. The Morgan fingerprint density at radius 2 is 1.96 bits per heavy atom. The lowest BCUT2D eigenvalue weighted by atomic mass is 9.89. The van der Waals surface area contributed by atoms with E-state index < -0.39 is 12.1 Å². The minimum absolute atomic E-state index is 0.133. The number of ether oxygens (including phenoxy) is 1. The van der Waals surface area contributed by atoms with Gasteiger partial charge in [0.15, 0.2) is 6.10 Å². The predicted octanol–water partition coefficient (Wildman–Crippen LogP) is 4.24. The number of benzene rings is 1. The summed E-state index contributed by atoms with van der Waals surface area (Å²) in [5, 5.41) is 3.27. The van der Waals surface area contributed by atoms with Crippen LogP contribution >= 0.6 is 23.2 Å². The molecule has 23 heavy (non-hydrogen) atoms.